The molecule has 0 unspecified atom stereocenters. The van der Waals surface area contributed by atoms with Crippen LogP contribution >= 0.6 is 0 Å². The highest BCUT2D eigenvalue weighted by molar-refractivity contribution is 6.06. The third kappa shape index (κ3) is 3.85. The third-order valence-electron chi connectivity index (χ3n) is 4.02. The number of hydrogen-bond acceptors (Lipinski definition) is 5. The van der Waals surface area contributed by atoms with E-state index in [1.165, 1.54) is 0 Å². The molecule has 0 fully saturated rings. The second-order valence-electron chi connectivity index (χ2n) is 5.77. The molecule has 1 N–H and O–H groups in total. The highest BCUT2D eigenvalue weighted by atomic mass is 16.5. The Morgan fingerprint density at radius 1 is 1.15 bits per heavy atom. The van der Waals surface area contributed by atoms with Crippen molar-refractivity contribution in [1.82, 2.24) is 5.16 Å². The Morgan fingerprint density at radius 3 is 2.58 bits per heavy atom. The average Bonchev–Trinajstić information content (AvgIpc) is 2.98. The molecule has 1 amide bonds. The summed E-state index contributed by atoms with van der Waals surface area (Å²) in [5.41, 5.74) is 2.76. The van der Waals surface area contributed by atoms with Crippen LogP contribution in [0, 0.1) is 13.8 Å². The van der Waals surface area contributed by atoms with E-state index in [0.29, 0.717) is 28.5 Å². The lowest BCUT2D eigenvalue weighted by Gasteiger charge is -2.13. The van der Waals surface area contributed by atoms with Crippen molar-refractivity contribution in [3.05, 3.63) is 71.1 Å². The second kappa shape index (κ2) is 7.74. The number of nitrogens with zero attached hydrogens (tertiary/aromatic N) is 1. The Hall–Kier alpha value is -3.28. The van der Waals surface area contributed by atoms with E-state index in [2.05, 4.69) is 10.5 Å². The first-order valence-electron chi connectivity index (χ1n) is 8.17. The zero-order valence-corrected chi connectivity index (χ0v) is 14.9. The minimum atomic E-state index is -0.257. The van der Waals surface area contributed by atoms with Crippen molar-refractivity contribution in [3.8, 4) is 11.5 Å². The topological polar surface area (TPSA) is 73.6 Å². The third-order valence-corrected chi connectivity index (χ3v) is 4.02. The van der Waals surface area contributed by atoms with Gasteiger partial charge in [0.2, 0.25) is 0 Å². The van der Waals surface area contributed by atoms with E-state index in [9.17, 15) is 4.79 Å². The number of nitrogens with one attached hydrogen (secondary N) is 1. The van der Waals surface area contributed by atoms with Crippen molar-refractivity contribution >= 4 is 11.6 Å². The molecule has 1 aromatic heterocycles. The molecule has 0 spiro atoms. The van der Waals surface area contributed by atoms with Crippen molar-refractivity contribution in [2.24, 2.45) is 0 Å². The molecular formula is C20H20N2O4. The first kappa shape index (κ1) is 17.5. The molecule has 3 aromatic rings. The van der Waals surface area contributed by atoms with Gasteiger partial charge in [-0.25, -0.2) is 0 Å². The summed E-state index contributed by atoms with van der Waals surface area (Å²) in [6.45, 7) is 3.93. The monoisotopic (exact) mass is 352 g/mol. The molecule has 0 aliphatic rings. The molecule has 1 heterocycles. The summed E-state index contributed by atoms with van der Waals surface area (Å²) in [4.78, 5) is 12.7. The van der Waals surface area contributed by atoms with Crippen molar-refractivity contribution in [1.29, 1.82) is 0 Å². The zero-order valence-electron chi connectivity index (χ0n) is 14.9. The Kier molecular flexibility index (Phi) is 5.22. The molecule has 0 atom stereocenters. The van der Waals surface area contributed by atoms with Crippen LogP contribution in [0.2, 0.25) is 0 Å². The number of carbonyl (C=O) groups excluding carboxylic acids is 1. The number of anilines is 1. The highest BCUT2D eigenvalue weighted by Gasteiger charge is 2.16. The Bertz CT molecular complexity index is 884. The van der Waals surface area contributed by atoms with Gasteiger partial charge in [-0.2, -0.15) is 0 Å². The number of rotatable bonds is 6. The standard InChI is InChI=1S/C20H20N2O4/c1-13-18(14(2)26-22-13)12-25-19-11-16(24-3)9-10-17(19)20(23)21-15-7-5-4-6-8-15/h4-11H,12H2,1-3H3,(H,21,23). The number of carbonyl (C=O) groups is 1. The summed E-state index contributed by atoms with van der Waals surface area (Å²) in [5, 5.41) is 6.78. The van der Waals surface area contributed by atoms with E-state index in [0.717, 1.165) is 11.3 Å². The molecule has 0 saturated heterocycles. The van der Waals surface area contributed by atoms with Gasteiger partial charge >= 0.3 is 0 Å². The number of hydrogen-bond donors (Lipinski definition) is 1. The molecule has 0 bridgehead atoms. The fraction of sp³-hybridized carbons (Fsp3) is 0.200. The number of aromatic nitrogens is 1. The fourth-order valence-electron chi connectivity index (χ4n) is 2.51. The minimum Gasteiger partial charge on any atom is -0.497 e. The average molecular weight is 352 g/mol. The molecule has 0 aliphatic heterocycles. The lowest BCUT2D eigenvalue weighted by molar-refractivity contribution is 0.102. The molecule has 3 rings (SSSR count). The lowest BCUT2D eigenvalue weighted by atomic mass is 10.1. The van der Waals surface area contributed by atoms with Gasteiger partial charge < -0.3 is 19.3 Å². The molecule has 0 saturated carbocycles. The van der Waals surface area contributed by atoms with Crippen LogP contribution in [0.25, 0.3) is 0 Å². The van der Waals surface area contributed by atoms with Crippen LogP contribution in [0.15, 0.2) is 53.1 Å². The number of ether oxygens (including phenoxy) is 2. The zero-order chi connectivity index (χ0) is 18.5. The van der Waals surface area contributed by atoms with Crippen LogP contribution in [-0.4, -0.2) is 18.2 Å². The van der Waals surface area contributed by atoms with E-state index < -0.39 is 0 Å². The summed E-state index contributed by atoms with van der Waals surface area (Å²) < 4.78 is 16.3. The van der Waals surface area contributed by atoms with Crippen molar-refractivity contribution in [3.63, 3.8) is 0 Å². The van der Waals surface area contributed by atoms with E-state index in [1.807, 2.05) is 44.2 Å². The molecular weight excluding hydrogens is 332 g/mol. The summed E-state index contributed by atoms with van der Waals surface area (Å²) >= 11 is 0. The lowest BCUT2D eigenvalue weighted by Crippen LogP contribution is -2.14. The SMILES string of the molecule is COc1ccc(C(=O)Nc2ccccc2)c(OCc2c(C)noc2C)c1. The summed E-state index contributed by atoms with van der Waals surface area (Å²) in [7, 11) is 1.57. The first-order chi connectivity index (χ1) is 12.6. The Morgan fingerprint density at radius 2 is 1.92 bits per heavy atom. The van der Waals surface area contributed by atoms with Gasteiger partial charge in [0.1, 0.15) is 23.9 Å². The van der Waals surface area contributed by atoms with Gasteiger partial charge in [-0.1, -0.05) is 23.4 Å². The summed E-state index contributed by atoms with van der Waals surface area (Å²) in [6.07, 6.45) is 0. The number of amides is 1. The Labute approximate surface area is 151 Å². The van der Waals surface area contributed by atoms with Crippen LogP contribution in [0.1, 0.15) is 27.4 Å². The molecule has 134 valence electrons. The summed E-state index contributed by atoms with van der Waals surface area (Å²) in [5.74, 6) is 1.47. The van der Waals surface area contributed by atoms with Crippen LogP contribution in [0.4, 0.5) is 5.69 Å². The summed E-state index contributed by atoms with van der Waals surface area (Å²) in [6, 6.07) is 14.4. The number of benzene rings is 2. The number of para-hydroxylation sites is 1. The quantitative estimate of drug-likeness (QED) is 0.722. The molecule has 0 radical (unpaired) electrons. The van der Waals surface area contributed by atoms with Gasteiger partial charge in [-0.3, -0.25) is 4.79 Å². The Balaban J connectivity index is 1.84. The normalized spacial score (nSPS) is 10.4. The van der Waals surface area contributed by atoms with Crippen LogP contribution in [0.3, 0.4) is 0 Å². The molecule has 6 heteroatoms. The van der Waals surface area contributed by atoms with E-state index in [1.54, 1.807) is 25.3 Å². The van der Waals surface area contributed by atoms with Gasteiger partial charge in [0.05, 0.1) is 23.9 Å². The smallest absolute Gasteiger partial charge is 0.259 e. The van der Waals surface area contributed by atoms with Gasteiger partial charge in [0, 0.05) is 11.8 Å². The van der Waals surface area contributed by atoms with Crippen molar-refractivity contribution in [2.45, 2.75) is 20.5 Å². The maximum atomic E-state index is 12.7. The van der Waals surface area contributed by atoms with Crippen LogP contribution in [-0.2, 0) is 6.61 Å². The predicted molar refractivity (Wildman–Crippen MR) is 97.7 cm³/mol. The number of aryl methyl sites for hydroxylation is 2. The predicted octanol–water partition coefficient (Wildman–Crippen LogP) is 4.13. The fourth-order valence-corrected chi connectivity index (χ4v) is 2.51. The van der Waals surface area contributed by atoms with Gasteiger partial charge in [-0.05, 0) is 38.1 Å². The molecule has 26 heavy (non-hydrogen) atoms. The first-order valence-corrected chi connectivity index (χ1v) is 8.17. The maximum absolute atomic E-state index is 12.7. The van der Waals surface area contributed by atoms with Gasteiger partial charge in [0.15, 0.2) is 0 Å². The number of methoxy groups -OCH3 is 1. The largest absolute Gasteiger partial charge is 0.497 e. The maximum Gasteiger partial charge on any atom is 0.259 e. The molecule has 0 aliphatic carbocycles. The van der Waals surface area contributed by atoms with Crippen LogP contribution in [0.5, 0.6) is 11.5 Å². The van der Waals surface area contributed by atoms with Gasteiger partial charge in [0.25, 0.3) is 5.91 Å². The molecule has 2 aromatic carbocycles. The van der Waals surface area contributed by atoms with E-state index in [4.69, 9.17) is 14.0 Å². The van der Waals surface area contributed by atoms with E-state index in [-0.39, 0.29) is 12.5 Å². The highest BCUT2D eigenvalue weighted by Crippen LogP contribution is 2.27. The van der Waals surface area contributed by atoms with Crippen LogP contribution < -0.4 is 14.8 Å². The second-order valence-corrected chi connectivity index (χ2v) is 5.77. The van der Waals surface area contributed by atoms with Crippen molar-refractivity contribution in [2.75, 3.05) is 12.4 Å². The van der Waals surface area contributed by atoms with E-state index >= 15 is 0 Å². The van der Waals surface area contributed by atoms with Crippen molar-refractivity contribution < 1.29 is 18.8 Å². The van der Waals surface area contributed by atoms with Gasteiger partial charge in [-0.15, -0.1) is 0 Å². The minimum absolute atomic E-state index is 0.250. The molecule has 6 nitrogen and oxygen atoms in total.